The summed E-state index contributed by atoms with van der Waals surface area (Å²) in [6.45, 7) is 8.25. The number of Topliss-reactive ketones (excluding diaryl/α,β-unsaturated/α-hetero) is 2. The smallest absolute Gasteiger partial charge is 0.303 e. The molecule has 0 spiro atoms. The van der Waals surface area contributed by atoms with E-state index in [9.17, 15) is 18.8 Å². The van der Waals surface area contributed by atoms with E-state index < -0.39 is 18.1 Å². The van der Waals surface area contributed by atoms with Crippen molar-refractivity contribution < 1.29 is 23.9 Å². The average Bonchev–Trinajstić information content (AvgIpc) is 3.04. The van der Waals surface area contributed by atoms with Gasteiger partial charge in [0.15, 0.2) is 0 Å². The molecule has 5 heteroatoms. The molecular formula is C26H39FO4. The number of halogens is 1. The molecule has 4 saturated carbocycles. The molecule has 31 heavy (non-hydrogen) atoms. The van der Waals surface area contributed by atoms with Gasteiger partial charge in [0.25, 0.3) is 0 Å². The molecule has 0 aliphatic heterocycles. The molecule has 4 aliphatic carbocycles. The molecule has 0 amide bonds. The molecule has 1 unspecified atom stereocenters. The molecular weight excluding hydrogens is 395 g/mol. The Kier molecular flexibility index (Phi) is 5.88. The van der Waals surface area contributed by atoms with E-state index >= 15 is 0 Å². The summed E-state index contributed by atoms with van der Waals surface area (Å²) in [5.41, 5.74) is -0.113. The van der Waals surface area contributed by atoms with Crippen molar-refractivity contribution in [3.63, 3.8) is 0 Å². The molecule has 4 fully saturated rings. The summed E-state index contributed by atoms with van der Waals surface area (Å²) < 4.78 is 14.9. The zero-order valence-corrected chi connectivity index (χ0v) is 19.5. The number of carbonyl (C=O) groups excluding carboxylic acids is 2. The van der Waals surface area contributed by atoms with Gasteiger partial charge in [-0.05, 0) is 85.9 Å². The van der Waals surface area contributed by atoms with Gasteiger partial charge in [0, 0.05) is 25.2 Å². The van der Waals surface area contributed by atoms with Crippen LogP contribution in [0.1, 0.15) is 85.5 Å². The molecule has 10 atom stereocenters. The van der Waals surface area contributed by atoms with E-state index in [1.54, 1.807) is 0 Å². The van der Waals surface area contributed by atoms with Crippen LogP contribution in [0.4, 0.5) is 4.39 Å². The lowest BCUT2D eigenvalue weighted by Crippen LogP contribution is -2.61. The quantitative estimate of drug-likeness (QED) is 0.622. The van der Waals surface area contributed by atoms with E-state index in [2.05, 4.69) is 20.8 Å². The summed E-state index contributed by atoms with van der Waals surface area (Å²) in [7, 11) is 0. The zero-order chi connectivity index (χ0) is 22.7. The molecule has 0 aromatic rings. The first-order valence-electron chi connectivity index (χ1n) is 12.4. The Morgan fingerprint density at radius 1 is 1.06 bits per heavy atom. The Morgan fingerprint density at radius 2 is 1.74 bits per heavy atom. The molecule has 0 radical (unpaired) electrons. The van der Waals surface area contributed by atoms with Crippen LogP contribution in [0.2, 0.25) is 0 Å². The number of hydrogen-bond acceptors (Lipinski definition) is 3. The summed E-state index contributed by atoms with van der Waals surface area (Å²) in [4.78, 5) is 37.2. The lowest BCUT2D eigenvalue weighted by Gasteiger charge is -2.61. The number of fused-ring (bicyclic) bond motifs is 5. The Bertz CT molecular complexity index is 763. The molecule has 1 N–H and O–H groups in total. The Hall–Kier alpha value is -1.26. The first-order chi connectivity index (χ1) is 14.5. The predicted octanol–water partition coefficient (Wildman–Crippen LogP) is 5.48. The van der Waals surface area contributed by atoms with Crippen LogP contribution in [0.25, 0.3) is 0 Å². The van der Waals surface area contributed by atoms with Gasteiger partial charge in [-0.3, -0.25) is 14.4 Å². The minimum absolute atomic E-state index is 0.0204. The number of carbonyl (C=O) groups is 3. The van der Waals surface area contributed by atoms with E-state index in [1.165, 1.54) is 6.92 Å². The van der Waals surface area contributed by atoms with E-state index in [4.69, 9.17) is 5.11 Å². The van der Waals surface area contributed by atoms with Crippen LogP contribution < -0.4 is 0 Å². The van der Waals surface area contributed by atoms with Crippen LogP contribution >= 0.6 is 0 Å². The zero-order valence-electron chi connectivity index (χ0n) is 19.5. The number of carboxylic acids is 1. The fraction of sp³-hybridized carbons (Fsp3) is 0.885. The average molecular weight is 435 g/mol. The van der Waals surface area contributed by atoms with Crippen LogP contribution in [-0.4, -0.2) is 28.8 Å². The van der Waals surface area contributed by atoms with Gasteiger partial charge < -0.3 is 5.11 Å². The Labute approximate surface area is 185 Å². The Balaban J connectivity index is 1.66. The summed E-state index contributed by atoms with van der Waals surface area (Å²) in [6.07, 6.45) is 5.41. The molecule has 0 heterocycles. The number of hydrogen-bond donors (Lipinski definition) is 1. The minimum atomic E-state index is -1.22. The van der Waals surface area contributed by atoms with Gasteiger partial charge in [0.05, 0.1) is 5.92 Å². The third kappa shape index (κ3) is 3.49. The SMILES string of the molecule is CC(F)[C@H]1C(=O)[C@@H]2[C@H](CC[C@]3(C)[C@@H]([C@H](C)CCC(=O)O)CC[C@@H]23)[C@@]2(C)CCC(=O)C[C@@H]12. The molecule has 0 bridgehead atoms. The normalized spacial score (nSPS) is 46.6. The molecule has 0 saturated heterocycles. The predicted molar refractivity (Wildman–Crippen MR) is 116 cm³/mol. The second-order valence-electron chi connectivity index (χ2n) is 11.8. The van der Waals surface area contributed by atoms with Crippen LogP contribution in [0.5, 0.6) is 0 Å². The van der Waals surface area contributed by atoms with Crippen LogP contribution in [0, 0.1) is 52.3 Å². The van der Waals surface area contributed by atoms with Crippen molar-refractivity contribution in [3.8, 4) is 0 Å². The van der Waals surface area contributed by atoms with Crippen LogP contribution in [0.15, 0.2) is 0 Å². The van der Waals surface area contributed by atoms with Crippen LogP contribution in [0.3, 0.4) is 0 Å². The number of rotatable bonds is 5. The van der Waals surface area contributed by atoms with Gasteiger partial charge in [0.2, 0.25) is 0 Å². The summed E-state index contributed by atoms with van der Waals surface area (Å²) in [5, 5.41) is 9.13. The van der Waals surface area contributed by atoms with Gasteiger partial charge in [-0.25, -0.2) is 4.39 Å². The molecule has 4 nitrogen and oxygen atoms in total. The van der Waals surface area contributed by atoms with Gasteiger partial charge in [-0.15, -0.1) is 0 Å². The maximum absolute atomic E-state index is 14.9. The largest absolute Gasteiger partial charge is 0.481 e. The molecule has 0 aromatic carbocycles. The lowest BCUT2D eigenvalue weighted by molar-refractivity contribution is -0.174. The highest BCUT2D eigenvalue weighted by molar-refractivity contribution is 5.88. The maximum atomic E-state index is 14.9. The highest BCUT2D eigenvalue weighted by atomic mass is 19.1. The monoisotopic (exact) mass is 434 g/mol. The Morgan fingerprint density at radius 3 is 2.39 bits per heavy atom. The van der Waals surface area contributed by atoms with Crippen molar-refractivity contribution in [1.82, 2.24) is 0 Å². The van der Waals surface area contributed by atoms with Gasteiger partial charge in [-0.1, -0.05) is 20.8 Å². The number of ketones is 2. The third-order valence-electron chi connectivity index (χ3n) is 10.5. The molecule has 174 valence electrons. The topological polar surface area (TPSA) is 71.4 Å². The van der Waals surface area contributed by atoms with Gasteiger partial charge in [0.1, 0.15) is 17.7 Å². The van der Waals surface area contributed by atoms with Crippen molar-refractivity contribution >= 4 is 17.5 Å². The second kappa shape index (κ2) is 7.95. The molecule has 4 aliphatic rings. The first kappa shape index (κ1) is 22.9. The first-order valence-corrected chi connectivity index (χ1v) is 12.4. The third-order valence-corrected chi connectivity index (χ3v) is 10.5. The number of alkyl halides is 1. The lowest BCUT2D eigenvalue weighted by atomic mass is 9.41. The van der Waals surface area contributed by atoms with Crippen molar-refractivity contribution in [2.45, 2.75) is 91.7 Å². The van der Waals surface area contributed by atoms with Crippen molar-refractivity contribution in [2.75, 3.05) is 0 Å². The highest BCUT2D eigenvalue weighted by Gasteiger charge is 2.66. The van der Waals surface area contributed by atoms with Gasteiger partial charge >= 0.3 is 5.97 Å². The van der Waals surface area contributed by atoms with Gasteiger partial charge in [-0.2, -0.15) is 0 Å². The minimum Gasteiger partial charge on any atom is -0.481 e. The van der Waals surface area contributed by atoms with Crippen molar-refractivity contribution in [2.24, 2.45) is 52.3 Å². The van der Waals surface area contributed by atoms with E-state index in [0.717, 1.165) is 32.1 Å². The fourth-order valence-corrected chi connectivity index (χ4v) is 8.94. The van der Waals surface area contributed by atoms with Crippen molar-refractivity contribution in [1.29, 1.82) is 0 Å². The highest BCUT2D eigenvalue weighted by Crippen LogP contribution is 2.68. The summed E-state index contributed by atoms with van der Waals surface area (Å²) in [6, 6.07) is 0. The molecule has 4 rings (SSSR count). The summed E-state index contributed by atoms with van der Waals surface area (Å²) >= 11 is 0. The van der Waals surface area contributed by atoms with Crippen molar-refractivity contribution in [3.05, 3.63) is 0 Å². The maximum Gasteiger partial charge on any atom is 0.303 e. The van der Waals surface area contributed by atoms with E-state index in [1.807, 2.05) is 0 Å². The second-order valence-corrected chi connectivity index (χ2v) is 11.8. The number of carboxylic acid groups (broad SMARTS) is 1. The molecule has 0 aromatic heterocycles. The van der Waals surface area contributed by atoms with Crippen LogP contribution in [-0.2, 0) is 14.4 Å². The number of aliphatic carboxylic acids is 1. The standard InChI is InChI=1S/C26H39FO4/c1-14(5-8-21(29)30)17-6-7-18-23-19(10-12-25(17,18)3)26(4)11-9-16(28)13-20(26)22(15(2)27)24(23)31/h14-15,17-20,22-23H,5-13H2,1-4H3,(H,29,30)/t14-,15?,17-,18+,19+,20+,22-,23+,25-,26-/m1/s1. The van der Waals surface area contributed by atoms with E-state index in [-0.39, 0.29) is 52.5 Å². The summed E-state index contributed by atoms with van der Waals surface area (Å²) in [5.74, 6) is -0.137. The van der Waals surface area contributed by atoms with E-state index in [0.29, 0.717) is 31.1 Å². The fourth-order valence-electron chi connectivity index (χ4n) is 8.94.